The zero-order chi connectivity index (χ0) is 11.5. The first-order chi connectivity index (χ1) is 8.42. The van der Waals surface area contributed by atoms with Gasteiger partial charge < -0.3 is 5.32 Å². The maximum atomic E-state index is 4.63. The van der Waals surface area contributed by atoms with Crippen molar-refractivity contribution in [2.45, 2.75) is 19.3 Å². The third kappa shape index (κ3) is 2.44. The number of aromatic nitrogens is 2. The topological polar surface area (TPSA) is 37.8 Å². The zero-order valence-electron chi connectivity index (χ0n) is 9.89. The summed E-state index contributed by atoms with van der Waals surface area (Å²) >= 11 is 0. The van der Waals surface area contributed by atoms with Gasteiger partial charge in [-0.05, 0) is 37.9 Å². The minimum atomic E-state index is 0.699. The van der Waals surface area contributed by atoms with Gasteiger partial charge in [0.25, 0.3) is 0 Å². The Morgan fingerprint density at radius 3 is 3.12 bits per heavy atom. The molecule has 0 amide bonds. The molecule has 1 N–H and O–H groups in total. The number of rotatable bonds is 2. The van der Waals surface area contributed by atoms with Crippen molar-refractivity contribution in [1.82, 2.24) is 15.3 Å². The monoisotopic (exact) mass is 227 g/mol. The Bertz CT molecular complexity index is 504. The summed E-state index contributed by atoms with van der Waals surface area (Å²) in [6, 6.07) is 8.17. The Kier molecular flexibility index (Phi) is 3.01. The standard InChI is InChI=1S/C14H17N3/c1-2-6-13-12(5-1)10-16-14(17-13)8-11-4-3-7-15-9-11/h1-2,5-6,10-11,15H,3-4,7-9H2/t11-/m0/s1. The molecule has 3 nitrogen and oxygen atoms in total. The number of nitrogens with zero attached hydrogens (tertiary/aromatic N) is 2. The van der Waals surface area contributed by atoms with Gasteiger partial charge >= 0.3 is 0 Å². The number of hydrogen-bond donors (Lipinski definition) is 1. The van der Waals surface area contributed by atoms with Crippen LogP contribution in [0.1, 0.15) is 18.7 Å². The second-order valence-corrected chi connectivity index (χ2v) is 4.76. The van der Waals surface area contributed by atoms with Crippen molar-refractivity contribution < 1.29 is 0 Å². The zero-order valence-corrected chi connectivity index (χ0v) is 9.89. The molecule has 2 heterocycles. The quantitative estimate of drug-likeness (QED) is 0.854. The highest BCUT2D eigenvalue weighted by Gasteiger charge is 2.14. The molecule has 0 spiro atoms. The van der Waals surface area contributed by atoms with Gasteiger partial charge in [-0.3, -0.25) is 0 Å². The highest BCUT2D eigenvalue weighted by molar-refractivity contribution is 5.77. The smallest absolute Gasteiger partial charge is 0.129 e. The number of hydrogen-bond acceptors (Lipinski definition) is 3. The normalized spacial score (nSPS) is 20.6. The summed E-state index contributed by atoms with van der Waals surface area (Å²) in [6.07, 6.45) is 5.51. The molecule has 1 aromatic carbocycles. The molecule has 0 bridgehead atoms. The van der Waals surface area contributed by atoms with Gasteiger partial charge in [0.05, 0.1) is 5.52 Å². The summed E-state index contributed by atoms with van der Waals surface area (Å²) in [5.41, 5.74) is 1.06. The molecule has 0 unspecified atom stereocenters. The van der Waals surface area contributed by atoms with E-state index in [1.54, 1.807) is 0 Å². The van der Waals surface area contributed by atoms with Crippen molar-refractivity contribution in [1.29, 1.82) is 0 Å². The Morgan fingerprint density at radius 1 is 1.29 bits per heavy atom. The number of piperidine rings is 1. The fraction of sp³-hybridized carbons (Fsp3) is 0.429. The molecule has 17 heavy (non-hydrogen) atoms. The average Bonchev–Trinajstić information content (AvgIpc) is 2.40. The lowest BCUT2D eigenvalue weighted by atomic mass is 9.96. The van der Waals surface area contributed by atoms with Crippen molar-refractivity contribution >= 4 is 10.9 Å². The molecule has 0 aliphatic carbocycles. The second kappa shape index (κ2) is 4.80. The van der Waals surface area contributed by atoms with E-state index in [1.807, 2.05) is 18.3 Å². The molecule has 1 aliphatic heterocycles. The van der Waals surface area contributed by atoms with E-state index in [1.165, 1.54) is 12.8 Å². The lowest BCUT2D eigenvalue weighted by Gasteiger charge is -2.21. The van der Waals surface area contributed by atoms with Gasteiger partial charge in [0.2, 0.25) is 0 Å². The minimum Gasteiger partial charge on any atom is -0.316 e. The predicted molar refractivity (Wildman–Crippen MR) is 68.8 cm³/mol. The lowest BCUT2D eigenvalue weighted by molar-refractivity contribution is 0.371. The van der Waals surface area contributed by atoms with Crippen LogP contribution < -0.4 is 5.32 Å². The van der Waals surface area contributed by atoms with Gasteiger partial charge in [-0.2, -0.15) is 0 Å². The van der Waals surface area contributed by atoms with Crippen molar-refractivity contribution in [3.05, 3.63) is 36.3 Å². The summed E-state index contributed by atoms with van der Waals surface area (Å²) in [5, 5.41) is 4.56. The van der Waals surface area contributed by atoms with Crippen LogP contribution in [0.3, 0.4) is 0 Å². The number of para-hydroxylation sites is 1. The molecule has 2 aromatic rings. The largest absolute Gasteiger partial charge is 0.316 e. The van der Waals surface area contributed by atoms with Crippen LogP contribution in [0.5, 0.6) is 0 Å². The van der Waals surface area contributed by atoms with Crippen molar-refractivity contribution in [2.24, 2.45) is 5.92 Å². The molecular weight excluding hydrogens is 210 g/mol. The molecule has 1 atom stereocenters. The number of benzene rings is 1. The van der Waals surface area contributed by atoms with E-state index < -0.39 is 0 Å². The molecule has 88 valence electrons. The third-order valence-electron chi connectivity index (χ3n) is 3.41. The molecule has 1 saturated heterocycles. The number of nitrogens with one attached hydrogen (secondary N) is 1. The van der Waals surface area contributed by atoms with Crippen LogP contribution in [-0.2, 0) is 6.42 Å². The van der Waals surface area contributed by atoms with Crippen LogP contribution in [0.4, 0.5) is 0 Å². The fourth-order valence-corrected chi connectivity index (χ4v) is 2.47. The molecular formula is C14H17N3. The summed E-state index contributed by atoms with van der Waals surface area (Å²) in [4.78, 5) is 9.09. The highest BCUT2D eigenvalue weighted by Crippen LogP contribution is 2.16. The van der Waals surface area contributed by atoms with Gasteiger partial charge in [0, 0.05) is 18.0 Å². The maximum Gasteiger partial charge on any atom is 0.129 e. The molecule has 0 radical (unpaired) electrons. The predicted octanol–water partition coefficient (Wildman–Crippen LogP) is 2.17. The first-order valence-electron chi connectivity index (χ1n) is 6.33. The van der Waals surface area contributed by atoms with Crippen LogP contribution >= 0.6 is 0 Å². The van der Waals surface area contributed by atoms with Crippen LogP contribution in [0, 0.1) is 5.92 Å². The SMILES string of the molecule is c1ccc2nc(C[C@@H]3CCCNC3)ncc2c1. The van der Waals surface area contributed by atoms with E-state index in [4.69, 9.17) is 0 Å². The van der Waals surface area contributed by atoms with E-state index in [0.29, 0.717) is 5.92 Å². The first kappa shape index (κ1) is 10.7. The van der Waals surface area contributed by atoms with E-state index in [9.17, 15) is 0 Å². The van der Waals surface area contributed by atoms with Crippen LogP contribution in [-0.4, -0.2) is 23.1 Å². The first-order valence-corrected chi connectivity index (χ1v) is 6.33. The van der Waals surface area contributed by atoms with Gasteiger partial charge in [-0.25, -0.2) is 9.97 Å². The number of fused-ring (bicyclic) bond motifs is 1. The second-order valence-electron chi connectivity index (χ2n) is 4.76. The molecule has 3 rings (SSSR count). The van der Waals surface area contributed by atoms with Crippen molar-refractivity contribution in [3.63, 3.8) is 0 Å². The molecule has 0 saturated carbocycles. The third-order valence-corrected chi connectivity index (χ3v) is 3.41. The molecule has 1 aromatic heterocycles. The van der Waals surface area contributed by atoms with E-state index in [-0.39, 0.29) is 0 Å². The molecule has 1 fully saturated rings. The highest BCUT2D eigenvalue weighted by atomic mass is 14.9. The van der Waals surface area contributed by atoms with Gasteiger partial charge in [0.1, 0.15) is 5.82 Å². The lowest BCUT2D eigenvalue weighted by Crippen LogP contribution is -2.31. The maximum absolute atomic E-state index is 4.63. The van der Waals surface area contributed by atoms with Gasteiger partial charge in [0.15, 0.2) is 0 Å². The van der Waals surface area contributed by atoms with E-state index in [2.05, 4.69) is 27.4 Å². The Hall–Kier alpha value is -1.48. The van der Waals surface area contributed by atoms with Crippen molar-refractivity contribution in [3.8, 4) is 0 Å². The van der Waals surface area contributed by atoms with Gasteiger partial charge in [-0.1, -0.05) is 18.2 Å². The van der Waals surface area contributed by atoms with Crippen LogP contribution in [0.2, 0.25) is 0 Å². The Labute approximate surface area is 101 Å². The summed E-state index contributed by atoms with van der Waals surface area (Å²) in [7, 11) is 0. The molecule has 1 aliphatic rings. The Balaban J connectivity index is 1.80. The minimum absolute atomic E-state index is 0.699. The molecule has 3 heteroatoms. The van der Waals surface area contributed by atoms with E-state index >= 15 is 0 Å². The summed E-state index contributed by atoms with van der Waals surface area (Å²) in [5.74, 6) is 1.68. The Morgan fingerprint density at radius 2 is 2.24 bits per heavy atom. The average molecular weight is 227 g/mol. The van der Waals surface area contributed by atoms with Crippen LogP contribution in [0.25, 0.3) is 10.9 Å². The summed E-state index contributed by atoms with van der Waals surface area (Å²) < 4.78 is 0. The fourth-order valence-electron chi connectivity index (χ4n) is 2.47. The summed E-state index contributed by atoms with van der Waals surface area (Å²) in [6.45, 7) is 2.27. The van der Waals surface area contributed by atoms with Crippen molar-refractivity contribution in [2.75, 3.05) is 13.1 Å². The van der Waals surface area contributed by atoms with E-state index in [0.717, 1.165) is 36.2 Å². The van der Waals surface area contributed by atoms with Crippen LogP contribution in [0.15, 0.2) is 30.5 Å². The van der Waals surface area contributed by atoms with Gasteiger partial charge in [-0.15, -0.1) is 0 Å².